The van der Waals surface area contributed by atoms with E-state index in [4.69, 9.17) is 9.47 Å². The van der Waals surface area contributed by atoms with Gasteiger partial charge in [-0.25, -0.2) is 0 Å². The molecule has 1 saturated carbocycles. The van der Waals surface area contributed by atoms with Crippen molar-refractivity contribution in [3.8, 4) is 0 Å². The van der Waals surface area contributed by atoms with E-state index in [2.05, 4.69) is 6.58 Å². The van der Waals surface area contributed by atoms with Crippen LogP contribution in [0.15, 0.2) is 12.7 Å². The minimum atomic E-state index is -0.937. The fraction of sp³-hybridized carbons (Fsp3) is 0.737. The summed E-state index contributed by atoms with van der Waals surface area (Å²) in [6.07, 6.45) is 2.23. The van der Waals surface area contributed by atoms with Crippen LogP contribution in [0, 0.1) is 35.0 Å². The van der Waals surface area contributed by atoms with Crippen molar-refractivity contribution in [2.75, 3.05) is 0 Å². The predicted molar refractivity (Wildman–Crippen MR) is 88.9 cm³/mol. The van der Waals surface area contributed by atoms with Crippen LogP contribution in [-0.2, 0) is 23.9 Å². The number of hydrogen-bond donors (Lipinski definition) is 0. The first-order chi connectivity index (χ1) is 11.2. The Morgan fingerprint density at radius 3 is 2.54 bits per heavy atom. The maximum atomic E-state index is 12.3. The predicted octanol–water partition coefficient (Wildman–Crippen LogP) is 2.78. The van der Waals surface area contributed by atoms with E-state index in [1.807, 2.05) is 6.92 Å². The van der Waals surface area contributed by atoms with Gasteiger partial charge in [-0.1, -0.05) is 33.8 Å². The number of carbonyl (C=O) groups is 3. The highest BCUT2D eigenvalue weighted by molar-refractivity contribution is 5.76. The number of esters is 2. The summed E-state index contributed by atoms with van der Waals surface area (Å²) in [4.78, 5) is 36.5. The molecule has 7 atom stereocenters. The van der Waals surface area contributed by atoms with E-state index < -0.39 is 17.4 Å². The van der Waals surface area contributed by atoms with Crippen molar-refractivity contribution < 1.29 is 23.9 Å². The fourth-order valence-corrected chi connectivity index (χ4v) is 4.31. The fourth-order valence-electron chi connectivity index (χ4n) is 4.31. The van der Waals surface area contributed by atoms with Crippen molar-refractivity contribution in [2.45, 2.75) is 53.2 Å². The summed E-state index contributed by atoms with van der Waals surface area (Å²) in [5, 5.41) is 0. The van der Waals surface area contributed by atoms with Crippen molar-refractivity contribution in [1.82, 2.24) is 0 Å². The molecule has 1 aliphatic carbocycles. The van der Waals surface area contributed by atoms with Crippen LogP contribution in [0.4, 0.5) is 0 Å². The van der Waals surface area contributed by atoms with Crippen LogP contribution in [0.2, 0.25) is 0 Å². The monoisotopic (exact) mass is 336 g/mol. The van der Waals surface area contributed by atoms with Gasteiger partial charge in [-0.2, -0.15) is 0 Å². The van der Waals surface area contributed by atoms with E-state index in [-0.39, 0.29) is 41.7 Å². The van der Waals surface area contributed by atoms with Gasteiger partial charge in [0, 0.05) is 5.92 Å². The molecule has 0 amide bonds. The molecule has 0 aromatic carbocycles. The molecule has 0 unspecified atom stereocenters. The lowest BCUT2D eigenvalue weighted by Gasteiger charge is -2.40. The Balaban J connectivity index is 2.54. The number of carbonyl (C=O) groups excluding carboxylic acids is 3. The molecule has 0 aromatic rings. The molecule has 1 heterocycles. The molecule has 1 aliphatic heterocycles. The molecular weight excluding hydrogens is 308 g/mol. The third-order valence-electron chi connectivity index (χ3n) is 5.77. The number of allylic oxidation sites excluding steroid dienone is 1. The highest BCUT2D eigenvalue weighted by Crippen LogP contribution is 2.51. The number of aldehydes is 1. The Morgan fingerprint density at radius 1 is 1.42 bits per heavy atom. The zero-order valence-electron chi connectivity index (χ0n) is 15.2. The minimum absolute atomic E-state index is 0.0889. The van der Waals surface area contributed by atoms with Gasteiger partial charge in [0.2, 0.25) is 0 Å². The topological polar surface area (TPSA) is 69.7 Å². The first-order valence-electron chi connectivity index (χ1n) is 8.67. The lowest BCUT2D eigenvalue weighted by atomic mass is 9.66. The van der Waals surface area contributed by atoms with Crippen LogP contribution < -0.4 is 0 Å². The van der Waals surface area contributed by atoms with E-state index in [1.165, 1.54) is 0 Å². The van der Waals surface area contributed by atoms with Gasteiger partial charge < -0.3 is 14.3 Å². The standard InChI is InChI=1S/C19H28O5/c1-7-13-11(4)8-14-15(12(5)18(22)23-14)16(19(13,6)9-20)24-17(21)10(2)3/h7,9-16H,1,8H2,2-6H3/t11-,12+,13+,14-,15-,16+,19-/m1/s1. The van der Waals surface area contributed by atoms with Gasteiger partial charge in [0.1, 0.15) is 18.5 Å². The first kappa shape index (κ1) is 18.7. The first-order valence-corrected chi connectivity index (χ1v) is 8.67. The zero-order chi connectivity index (χ0) is 18.2. The van der Waals surface area contributed by atoms with Gasteiger partial charge in [-0.05, 0) is 25.2 Å². The molecule has 2 fully saturated rings. The summed E-state index contributed by atoms with van der Waals surface area (Å²) in [5.41, 5.74) is -0.937. The molecule has 134 valence electrons. The maximum absolute atomic E-state index is 12.3. The van der Waals surface area contributed by atoms with Crippen molar-refractivity contribution in [2.24, 2.45) is 35.0 Å². The molecule has 0 radical (unpaired) electrons. The maximum Gasteiger partial charge on any atom is 0.309 e. The van der Waals surface area contributed by atoms with Crippen molar-refractivity contribution in [3.05, 3.63) is 12.7 Å². The van der Waals surface area contributed by atoms with Gasteiger partial charge in [-0.15, -0.1) is 6.58 Å². The van der Waals surface area contributed by atoms with Gasteiger partial charge in [0.15, 0.2) is 0 Å². The Labute approximate surface area is 143 Å². The highest BCUT2D eigenvalue weighted by atomic mass is 16.6. The quantitative estimate of drug-likeness (QED) is 0.448. The van der Waals surface area contributed by atoms with Crippen LogP contribution in [0.3, 0.4) is 0 Å². The van der Waals surface area contributed by atoms with Crippen LogP contribution in [0.25, 0.3) is 0 Å². The average Bonchev–Trinajstić information content (AvgIpc) is 2.74. The molecule has 1 saturated heterocycles. The Morgan fingerprint density at radius 2 is 2.04 bits per heavy atom. The molecule has 24 heavy (non-hydrogen) atoms. The second-order valence-corrected chi connectivity index (χ2v) is 7.81. The van der Waals surface area contributed by atoms with Crippen molar-refractivity contribution in [3.63, 3.8) is 0 Å². The van der Waals surface area contributed by atoms with E-state index in [9.17, 15) is 14.4 Å². The van der Waals surface area contributed by atoms with Gasteiger partial charge in [0.25, 0.3) is 0 Å². The van der Waals surface area contributed by atoms with Gasteiger partial charge >= 0.3 is 11.9 Å². The molecular formula is C19H28O5. The lowest BCUT2D eigenvalue weighted by molar-refractivity contribution is -0.169. The SMILES string of the molecule is C=C[C@H]1[C@H](C)C[C@H]2OC(=O)[C@@H](C)[C@H]2[C@H](OC(=O)C(C)C)[C@]1(C)C=O. The summed E-state index contributed by atoms with van der Waals surface area (Å²) in [7, 11) is 0. The Kier molecular flexibility index (Phi) is 5.21. The molecule has 5 heteroatoms. The summed E-state index contributed by atoms with van der Waals surface area (Å²) >= 11 is 0. The highest BCUT2D eigenvalue weighted by Gasteiger charge is 2.59. The second-order valence-electron chi connectivity index (χ2n) is 7.81. The van der Waals surface area contributed by atoms with E-state index in [1.54, 1.807) is 33.8 Å². The second kappa shape index (κ2) is 6.69. The van der Waals surface area contributed by atoms with Crippen molar-refractivity contribution >= 4 is 18.2 Å². The van der Waals surface area contributed by atoms with E-state index in [0.29, 0.717) is 6.42 Å². The molecule has 0 spiro atoms. The number of fused-ring (bicyclic) bond motifs is 1. The lowest BCUT2D eigenvalue weighted by Crippen LogP contribution is -2.49. The van der Waals surface area contributed by atoms with E-state index in [0.717, 1.165) is 6.29 Å². The van der Waals surface area contributed by atoms with Gasteiger partial charge in [-0.3, -0.25) is 9.59 Å². The van der Waals surface area contributed by atoms with Crippen LogP contribution in [0.5, 0.6) is 0 Å². The smallest absolute Gasteiger partial charge is 0.309 e. The molecule has 2 aliphatic rings. The Bertz CT molecular complexity index is 540. The number of ether oxygens (including phenoxy) is 2. The van der Waals surface area contributed by atoms with Crippen LogP contribution in [-0.4, -0.2) is 30.4 Å². The largest absolute Gasteiger partial charge is 0.462 e. The van der Waals surface area contributed by atoms with Gasteiger partial charge in [0.05, 0.1) is 17.3 Å². The number of rotatable bonds is 4. The molecule has 2 rings (SSSR count). The normalized spacial score (nSPS) is 42.0. The molecule has 5 nitrogen and oxygen atoms in total. The third-order valence-corrected chi connectivity index (χ3v) is 5.77. The zero-order valence-corrected chi connectivity index (χ0v) is 15.2. The van der Waals surface area contributed by atoms with E-state index >= 15 is 0 Å². The summed E-state index contributed by atoms with van der Waals surface area (Å²) in [5.74, 6) is -1.75. The minimum Gasteiger partial charge on any atom is -0.462 e. The summed E-state index contributed by atoms with van der Waals surface area (Å²) in [6.45, 7) is 13.0. The average molecular weight is 336 g/mol. The third kappa shape index (κ3) is 2.89. The number of hydrogen-bond acceptors (Lipinski definition) is 5. The van der Waals surface area contributed by atoms with Crippen LogP contribution >= 0.6 is 0 Å². The molecule has 0 bridgehead atoms. The summed E-state index contributed by atoms with van der Waals surface area (Å²) in [6, 6.07) is 0. The summed E-state index contributed by atoms with van der Waals surface area (Å²) < 4.78 is 11.4. The molecule has 0 N–H and O–H groups in total. The molecule has 0 aromatic heterocycles. The van der Waals surface area contributed by atoms with Crippen LogP contribution in [0.1, 0.15) is 41.0 Å². The Hall–Kier alpha value is -1.65. The van der Waals surface area contributed by atoms with Crippen molar-refractivity contribution in [1.29, 1.82) is 0 Å².